The SMILES string of the molecule is Nc1cc(-c2cccs2)nn1-c1cccc(Cl)c1. The number of halogens is 1. The molecule has 0 atom stereocenters. The third-order valence-electron chi connectivity index (χ3n) is 2.56. The first-order valence-electron chi connectivity index (χ1n) is 5.39. The zero-order valence-electron chi connectivity index (χ0n) is 9.38. The fourth-order valence-electron chi connectivity index (χ4n) is 1.75. The molecule has 2 heterocycles. The van der Waals surface area contributed by atoms with Gasteiger partial charge in [-0.25, -0.2) is 4.68 Å². The second-order valence-electron chi connectivity index (χ2n) is 3.82. The average Bonchev–Trinajstić information content (AvgIpc) is 2.97. The topological polar surface area (TPSA) is 43.8 Å². The van der Waals surface area contributed by atoms with E-state index in [1.807, 2.05) is 47.8 Å². The fourth-order valence-corrected chi connectivity index (χ4v) is 2.62. The Kier molecular flexibility index (Phi) is 2.81. The Bertz CT molecular complexity index is 673. The van der Waals surface area contributed by atoms with Crippen LogP contribution >= 0.6 is 22.9 Å². The molecule has 0 aliphatic rings. The summed E-state index contributed by atoms with van der Waals surface area (Å²) in [5.41, 5.74) is 7.73. The van der Waals surface area contributed by atoms with Crippen LogP contribution in [0.25, 0.3) is 16.3 Å². The van der Waals surface area contributed by atoms with Crippen molar-refractivity contribution in [3.05, 3.63) is 52.9 Å². The predicted octanol–water partition coefficient (Wildman–Crippen LogP) is 3.84. The van der Waals surface area contributed by atoms with Crippen molar-refractivity contribution >= 4 is 28.8 Å². The molecule has 0 fully saturated rings. The summed E-state index contributed by atoms with van der Waals surface area (Å²) in [7, 11) is 0. The number of aromatic nitrogens is 2. The zero-order chi connectivity index (χ0) is 12.5. The molecular weight excluding hydrogens is 266 g/mol. The lowest BCUT2D eigenvalue weighted by Gasteiger charge is -2.03. The number of anilines is 1. The van der Waals surface area contributed by atoms with Crippen molar-refractivity contribution < 1.29 is 0 Å². The molecule has 1 aromatic carbocycles. The minimum absolute atomic E-state index is 0.598. The lowest BCUT2D eigenvalue weighted by molar-refractivity contribution is 0.896. The summed E-state index contributed by atoms with van der Waals surface area (Å²) < 4.78 is 1.70. The zero-order valence-corrected chi connectivity index (χ0v) is 10.9. The summed E-state index contributed by atoms with van der Waals surface area (Å²) in [4.78, 5) is 1.10. The van der Waals surface area contributed by atoms with Crippen molar-refractivity contribution in [2.24, 2.45) is 0 Å². The molecule has 0 unspecified atom stereocenters. The first-order chi connectivity index (χ1) is 8.74. The summed E-state index contributed by atoms with van der Waals surface area (Å²) in [6.07, 6.45) is 0. The molecule has 0 amide bonds. The van der Waals surface area contributed by atoms with E-state index in [4.69, 9.17) is 17.3 Å². The molecule has 18 heavy (non-hydrogen) atoms. The molecule has 5 heteroatoms. The van der Waals surface area contributed by atoms with Crippen LogP contribution in [0.3, 0.4) is 0 Å². The Morgan fingerprint density at radius 2 is 2.06 bits per heavy atom. The van der Waals surface area contributed by atoms with Crippen LogP contribution in [-0.2, 0) is 0 Å². The van der Waals surface area contributed by atoms with E-state index in [0.717, 1.165) is 16.3 Å². The van der Waals surface area contributed by atoms with Crippen LogP contribution in [0, 0.1) is 0 Å². The van der Waals surface area contributed by atoms with Crippen molar-refractivity contribution in [1.29, 1.82) is 0 Å². The number of hydrogen-bond donors (Lipinski definition) is 1. The van der Waals surface area contributed by atoms with Gasteiger partial charge in [0.1, 0.15) is 11.5 Å². The number of nitrogens with zero attached hydrogens (tertiary/aromatic N) is 2. The molecule has 2 aromatic heterocycles. The van der Waals surface area contributed by atoms with E-state index in [1.54, 1.807) is 16.0 Å². The number of rotatable bonds is 2. The molecular formula is C13H10ClN3S. The van der Waals surface area contributed by atoms with E-state index in [1.165, 1.54) is 0 Å². The second kappa shape index (κ2) is 4.48. The van der Waals surface area contributed by atoms with Gasteiger partial charge in [0, 0.05) is 11.1 Å². The number of benzene rings is 1. The highest BCUT2D eigenvalue weighted by Gasteiger charge is 2.09. The van der Waals surface area contributed by atoms with Crippen molar-refractivity contribution in [3.8, 4) is 16.3 Å². The monoisotopic (exact) mass is 275 g/mol. The van der Waals surface area contributed by atoms with Crippen LogP contribution in [0.1, 0.15) is 0 Å². The summed E-state index contributed by atoms with van der Waals surface area (Å²) in [5.74, 6) is 0.598. The Morgan fingerprint density at radius 3 is 2.78 bits per heavy atom. The van der Waals surface area contributed by atoms with Gasteiger partial charge in [0.2, 0.25) is 0 Å². The first kappa shape index (κ1) is 11.3. The molecule has 0 radical (unpaired) electrons. The lowest BCUT2D eigenvalue weighted by atomic mass is 10.3. The van der Waals surface area contributed by atoms with Gasteiger partial charge in [-0.05, 0) is 29.6 Å². The second-order valence-corrected chi connectivity index (χ2v) is 5.21. The lowest BCUT2D eigenvalue weighted by Crippen LogP contribution is -2.01. The van der Waals surface area contributed by atoms with Gasteiger partial charge >= 0.3 is 0 Å². The van der Waals surface area contributed by atoms with Crippen molar-refractivity contribution in [2.45, 2.75) is 0 Å². The van der Waals surface area contributed by atoms with E-state index in [2.05, 4.69) is 5.10 Å². The minimum Gasteiger partial charge on any atom is -0.384 e. The van der Waals surface area contributed by atoms with Gasteiger partial charge in [0.05, 0.1) is 10.6 Å². The number of nitrogen functional groups attached to an aromatic ring is 1. The maximum atomic E-state index is 5.99. The first-order valence-corrected chi connectivity index (χ1v) is 6.65. The number of thiophene rings is 1. The van der Waals surface area contributed by atoms with E-state index in [-0.39, 0.29) is 0 Å². The van der Waals surface area contributed by atoms with Gasteiger partial charge in [0.15, 0.2) is 0 Å². The Labute approximate surface area is 113 Å². The summed E-state index contributed by atoms with van der Waals surface area (Å²) in [6.45, 7) is 0. The molecule has 3 nitrogen and oxygen atoms in total. The Hall–Kier alpha value is -1.78. The maximum absolute atomic E-state index is 5.99. The predicted molar refractivity (Wildman–Crippen MR) is 76.3 cm³/mol. The van der Waals surface area contributed by atoms with Crippen molar-refractivity contribution in [3.63, 3.8) is 0 Å². The molecule has 0 aliphatic carbocycles. The van der Waals surface area contributed by atoms with Crippen LogP contribution in [-0.4, -0.2) is 9.78 Å². The normalized spacial score (nSPS) is 10.7. The highest BCUT2D eigenvalue weighted by atomic mass is 35.5. The molecule has 0 aliphatic heterocycles. The summed E-state index contributed by atoms with van der Waals surface area (Å²) in [5, 5.41) is 7.19. The van der Waals surface area contributed by atoms with E-state index >= 15 is 0 Å². The van der Waals surface area contributed by atoms with Crippen molar-refractivity contribution in [1.82, 2.24) is 9.78 Å². The fraction of sp³-hybridized carbons (Fsp3) is 0. The van der Waals surface area contributed by atoms with Crippen LogP contribution in [0.5, 0.6) is 0 Å². The maximum Gasteiger partial charge on any atom is 0.127 e. The molecule has 0 saturated heterocycles. The van der Waals surface area contributed by atoms with Crippen LogP contribution in [0.2, 0.25) is 5.02 Å². The van der Waals surface area contributed by atoms with Crippen LogP contribution in [0.15, 0.2) is 47.8 Å². The molecule has 90 valence electrons. The third kappa shape index (κ3) is 2.00. The van der Waals surface area contributed by atoms with Crippen LogP contribution in [0.4, 0.5) is 5.82 Å². The van der Waals surface area contributed by atoms with E-state index in [0.29, 0.717) is 10.8 Å². The Morgan fingerprint density at radius 1 is 1.17 bits per heavy atom. The number of hydrogen-bond acceptors (Lipinski definition) is 3. The van der Waals surface area contributed by atoms with Gasteiger partial charge in [-0.2, -0.15) is 5.10 Å². The van der Waals surface area contributed by atoms with Gasteiger partial charge in [-0.15, -0.1) is 11.3 Å². The highest BCUT2D eigenvalue weighted by Crippen LogP contribution is 2.27. The molecule has 0 bridgehead atoms. The quantitative estimate of drug-likeness (QED) is 0.772. The molecule has 2 N–H and O–H groups in total. The van der Waals surface area contributed by atoms with E-state index < -0.39 is 0 Å². The average molecular weight is 276 g/mol. The molecule has 3 aromatic rings. The Balaban J connectivity index is 2.09. The molecule has 0 saturated carbocycles. The smallest absolute Gasteiger partial charge is 0.127 e. The summed E-state index contributed by atoms with van der Waals surface area (Å²) >= 11 is 7.61. The van der Waals surface area contributed by atoms with Gasteiger partial charge in [-0.1, -0.05) is 23.7 Å². The van der Waals surface area contributed by atoms with Gasteiger partial charge in [-0.3, -0.25) is 0 Å². The number of nitrogens with two attached hydrogens (primary N) is 1. The molecule has 0 spiro atoms. The third-order valence-corrected chi connectivity index (χ3v) is 3.69. The standard InChI is InChI=1S/C13H10ClN3S/c14-9-3-1-4-10(7-9)17-13(15)8-11(16-17)12-5-2-6-18-12/h1-8H,15H2. The van der Waals surface area contributed by atoms with Crippen molar-refractivity contribution in [2.75, 3.05) is 5.73 Å². The van der Waals surface area contributed by atoms with Gasteiger partial charge < -0.3 is 5.73 Å². The minimum atomic E-state index is 0.598. The van der Waals surface area contributed by atoms with E-state index in [9.17, 15) is 0 Å². The van der Waals surface area contributed by atoms with Gasteiger partial charge in [0.25, 0.3) is 0 Å². The van der Waals surface area contributed by atoms with Crippen LogP contribution < -0.4 is 5.73 Å². The summed E-state index contributed by atoms with van der Waals surface area (Å²) in [6, 6.07) is 13.3. The largest absolute Gasteiger partial charge is 0.384 e. The molecule has 3 rings (SSSR count). The highest BCUT2D eigenvalue weighted by molar-refractivity contribution is 7.13.